The summed E-state index contributed by atoms with van der Waals surface area (Å²) in [5.41, 5.74) is 0. The van der Waals surface area contributed by atoms with Crippen LogP contribution >= 0.6 is 0 Å². The van der Waals surface area contributed by atoms with Gasteiger partial charge in [-0.05, 0) is 32.6 Å². The molecule has 0 spiro atoms. The second kappa shape index (κ2) is 7.85. The fraction of sp³-hybridized carbons (Fsp3) is 0.933. The van der Waals surface area contributed by atoms with Gasteiger partial charge in [-0.15, -0.1) is 0 Å². The third-order valence-corrected chi connectivity index (χ3v) is 4.25. The molecule has 19 heavy (non-hydrogen) atoms. The lowest BCUT2D eigenvalue weighted by molar-refractivity contribution is -0.132. The van der Waals surface area contributed by atoms with Gasteiger partial charge in [0.2, 0.25) is 5.91 Å². The molecule has 0 bridgehead atoms. The molecule has 1 N–H and O–H groups in total. The summed E-state index contributed by atoms with van der Waals surface area (Å²) in [4.78, 5) is 14.0. The van der Waals surface area contributed by atoms with Gasteiger partial charge in [0.1, 0.15) is 0 Å². The summed E-state index contributed by atoms with van der Waals surface area (Å²) in [5, 5.41) is 3.28. The Morgan fingerprint density at radius 2 is 1.89 bits per heavy atom. The number of hydrogen-bond donors (Lipinski definition) is 1. The van der Waals surface area contributed by atoms with Crippen molar-refractivity contribution in [3.63, 3.8) is 0 Å². The van der Waals surface area contributed by atoms with Crippen LogP contribution < -0.4 is 5.32 Å². The molecule has 1 heterocycles. The zero-order valence-corrected chi connectivity index (χ0v) is 12.2. The summed E-state index contributed by atoms with van der Waals surface area (Å²) < 4.78 is 5.85. The average molecular weight is 268 g/mol. The average Bonchev–Trinajstić information content (AvgIpc) is 2.98. The first-order chi connectivity index (χ1) is 9.27. The minimum Gasteiger partial charge on any atom is -0.377 e. The molecule has 1 saturated carbocycles. The van der Waals surface area contributed by atoms with E-state index in [-0.39, 0.29) is 11.9 Å². The van der Waals surface area contributed by atoms with Crippen LogP contribution in [-0.2, 0) is 9.53 Å². The molecule has 1 amide bonds. The van der Waals surface area contributed by atoms with Gasteiger partial charge < -0.3 is 15.0 Å². The summed E-state index contributed by atoms with van der Waals surface area (Å²) in [6, 6.07) is -0.0759. The van der Waals surface area contributed by atoms with Gasteiger partial charge in [0.05, 0.1) is 18.8 Å². The molecule has 4 heteroatoms. The van der Waals surface area contributed by atoms with Crippen molar-refractivity contribution in [2.24, 2.45) is 0 Å². The first-order valence-corrected chi connectivity index (χ1v) is 7.91. The lowest BCUT2D eigenvalue weighted by Gasteiger charge is -2.23. The smallest absolute Gasteiger partial charge is 0.239 e. The highest BCUT2D eigenvalue weighted by Gasteiger charge is 2.22. The van der Waals surface area contributed by atoms with E-state index in [4.69, 9.17) is 4.74 Å². The maximum atomic E-state index is 12.1. The van der Waals surface area contributed by atoms with Crippen molar-refractivity contribution >= 4 is 5.91 Å². The zero-order chi connectivity index (χ0) is 13.5. The molecule has 0 radical (unpaired) electrons. The van der Waals surface area contributed by atoms with Gasteiger partial charge in [0.15, 0.2) is 0 Å². The number of likely N-dealkylation sites (tertiary alicyclic amines) is 1. The molecule has 1 aliphatic carbocycles. The van der Waals surface area contributed by atoms with E-state index in [0.717, 1.165) is 39.1 Å². The highest BCUT2D eigenvalue weighted by Crippen LogP contribution is 2.19. The lowest BCUT2D eigenvalue weighted by Crippen LogP contribution is -2.44. The van der Waals surface area contributed by atoms with E-state index in [0.29, 0.717) is 6.10 Å². The first kappa shape index (κ1) is 14.8. The molecule has 1 aliphatic heterocycles. The summed E-state index contributed by atoms with van der Waals surface area (Å²) in [7, 11) is 0. The number of amides is 1. The SMILES string of the molecule is CC(NCCOC1CCCCC1)C(=O)N1CCCC1. The van der Waals surface area contributed by atoms with Crippen LogP contribution in [0.4, 0.5) is 0 Å². The molecule has 1 saturated heterocycles. The van der Waals surface area contributed by atoms with Crippen molar-refractivity contribution in [3.05, 3.63) is 0 Å². The molecule has 1 atom stereocenters. The van der Waals surface area contributed by atoms with Gasteiger partial charge >= 0.3 is 0 Å². The zero-order valence-electron chi connectivity index (χ0n) is 12.2. The van der Waals surface area contributed by atoms with Gasteiger partial charge in [-0.25, -0.2) is 0 Å². The van der Waals surface area contributed by atoms with Crippen molar-refractivity contribution in [1.82, 2.24) is 10.2 Å². The normalized spacial score (nSPS) is 22.7. The van der Waals surface area contributed by atoms with E-state index >= 15 is 0 Å². The quantitative estimate of drug-likeness (QED) is 0.749. The molecule has 2 rings (SSSR count). The van der Waals surface area contributed by atoms with Crippen molar-refractivity contribution in [2.75, 3.05) is 26.2 Å². The van der Waals surface area contributed by atoms with Crippen molar-refractivity contribution in [2.45, 2.75) is 64.0 Å². The first-order valence-electron chi connectivity index (χ1n) is 7.91. The predicted molar refractivity (Wildman–Crippen MR) is 76.1 cm³/mol. The number of hydrogen-bond acceptors (Lipinski definition) is 3. The minimum absolute atomic E-state index is 0.0759. The standard InChI is InChI=1S/C15H28N2O2/c1-13(15(18)17-10-5-6-11-17)16-9-12-19-14-7-3-2-4-8-14/h13-14,16H,2-12H2,1H3. The molecule has 4 nitrogen and oxygen atoms in total. The maximum Gasteiger partial charge on any atom is 0.239 e. The molecule has 0 aromatic heterocycles. The Balaban J connectivity index is 1.55. The Morgan fingerprint density at radius 3 is 2.58 bits per heavy atom. The summed E-state index contributed by atoms with van der Waals surface area (Å²) in [5.74, 6) is 0.246. The summed E-state index contributed by atoms with van der Waals surface area (Å²) in [6.07, 6.45) is 9.17. The highest BCUT2D eigenvalue weighted by atomic mass is 16.5. The van der Waals surface area contributed by atoms with Crippen LogP contribution in [0.25, 0.3) is 0 Å². The second-order valence-corrected chi connectivity index (χ2v) is 5.84. The molecule has 0 aromatic rings. The van der Waals surface area contributed by atoms with Gasteiger partial charge in [0.25, 0.3) is 0 Å². The van der Waals surface area contributed by atoms with Crippen molar-refractivity contribution in [3.8, 4) is 0 Å². The lowest BCUT2D eigenvalue weighted by atomic mass is 9.98. The fourth-order valence-corrected chi connectivity index (χ4v) is 3.03. The van der Waals surface area contributed by atoms with Crippen molar-refractivity contribution in [1.29, 1.82) is 0 Å². The van der Waals surface area contributed by atoms with Crippen LogP contribution in [0.5, 0.6) is 0 Å². The largest absolute Gasteiger partial charge is 0.377 e. The molecule has 0 aromatic carbocycles. The van der Waals surface area contributed by atoms with Crippen LogP contribution in [0.1, 0.15) is 51.9 Å². The third kappa shape index (κ3) is 4.77. The summed E-state index contributed by atoms with van der Waals surface area (Å²) in [6.45, 7) is 5.33. The predicted octanol–water partition coefficient (Wildman–Crippen LogP) is 1.94. The van der Waals surface area contributed by atoms with Crippen LogP contribution in [0, 0.1) is 0 Å². The number of carbonyl (C=O) groups is 1. The Morgan fingerprint density at radius 1 is 1.21 bits per heavy atom. The van der Waals surface area contributed by atoms with E-state index in [1.54, 1.807) is 0 Å². The monoisotopic (exact) mass is 268 g/mol. The maximum absolute atomic E-state index is 12.1. The Hall–Kier alpha value is -0.610. The van der Waals surface area contributed by atoms with Gasteiger partial charge in [-0.3, -0.25) is 4.79 Å². The van der Waals surface area contributed by atoms with Crippen LogP contribution in [-0.4, -0.2) is 49.2 Å². The van der Waals surface area contributed by atoms with Gasteiger partial charge in [-0.2, -0.15) is 0 Å². The third-order valence-electron chi connectivity index (χ3n) is 4.25. The summed E-state index contributed by atoms with van der Waals surface area (Å²) >= 11 is 0. The van der Waals surface area contributed by atoms with Crippen LogP contribution in [0.2, 0.25) is 0 Å². The molecular formula is C15H28N2O2. The number of rotatable bonds is 6. The fourth-order valence-electron chi connectivity index (χ4n) is 3.03. The van der Waals surface area contributed by atoms with E-state index in [2.05, 4.69) is 5.32 Å². The van der Waals surface area contributed by atoms with E-state index in [1.807, 2.05) is 11.8 Å². The Bertz CT molecular complexity index is 271. The van der Waals surface area contributed by atoms with E-state index < -0.39 is 0 Å². The molecule has 1 unspecified atom stereocenters. The number of nitrogens with zero attached hydrogens (tertiary/aromatic N) is 1. The molecule has 110 valence electrons. The van der Waals surface area contributed by atoms with Crippen molar-refractivity contribution < 1.29 is 9.53 Å². The minimum atomic E-state index is -0.0759. The molecule has 2 fully saturated rings. The van der Waals surface area contributed by atoms with Crippen LogP contribution in [0.3, 0.4) is 0 Å². The second-order valence-electron chi connectivity index (χ2n) is 5.84. The Labute approximate surface area is 116 Å². The number of ether oxygens (including phenoxy) is 1. The molecular weight excluding hydrogens is 240 g/mol. The number of carbonyl (C=O) groups excluding carboxylic acids is 1. The van der Waals surface area contributed by atoms with Gasteiger partial charge in [-0.1, -0.05) is 19.3 Å². The van der Waals surface area contributed by atoms with E-state index in [9.17, 15) is 4.79 Å². The molecule has 2 aliphatic rings. The van der Waals surface area contributed by atoms with Gasteiger partial charge in [0, 0.05) is 19.6 Å². The topological polar surface area (TPSA) is 41.6 Å². The number of nitrogens with one attached hydrogen (secondary N) is 1. The van der Waals surface area contributed by atoms with Crippen LogP contribution in [0.15, 0.2) is 0 Å². The Kier molecular flexibility index (Phi) is 6.11. The van der Waals surface area contributed by atoms with E-state index in [1.165, 1.54) is 32.1 Å². The highest BCUT2D eigenvalue weighted by molar-refractivity contribution is 5.81.